The molecule has 0 radical (unpaired) electrons. The van der Waals surface area contributed by atoms with Crippen molar-refractivity contribution in [3.63, 3.8) is 0 Å². The van der Waals surface area contributed by atoms with Gasteiger partial charge < -0.3 is 18.8 Å². The SMILES string of the molecule is CCCCCS(=O)(=O)[N-]C(=O)/C=C/c1c(C)nn(C)c1-n1ccc2ccc(OC)cc21.[Na+]. The molecule has 0 N–H and O–H groups in total. The van der Waals surface area contributed by atoms with Gasteiger partial charge >= 0.3 is 29.6 Å². The van der Waals surface area contributed by atoms with Gasteiger partial charge in [0.25, 0.3) is 0 Å². The van der Waals surface area contributed by atoms with E-state index in [9.17, 15) is 13.2 Å². The van der Waals surface area contributed by atoms with E-state index in [0.29, 0.717) is 17.7 Å². The third kappa shape index (κ3) is 6.04. The molecule has 0 fully saturated rings. The second kappa shape index (κ2) is 11.2. The van der Waals surface area contributed by atoms with Crippen LogP contribution in [0, 0.1) is 6.92 Å². The van der Waals surface area contributed by atoms with Crippen LogP contribution in [0.2, 0.25) is 0 Å². The summed E-state index contributed by atoms with van der Waals surface area (Å²) in [7, 11) is -0.339. The average Bonchev–Trinajstić information content (AvgIpc) is 3.24. The summed E-state index contributed by atoms with van der Waals surface area (Å²) >= 11 is 0. The first-order valence-corrected chi connectivity index (χ1v) is 11.7. The molecule has 166 valence electrons. The molecule has 0 saturated carbocycles. The fourth-order valence-electron chi connectivity index (χ4n) is 3.47. The van der Waals surface area contributed by atoms with Gasteiger partial charge in [0.15, 0.2) is 0 Å². The summed E-state index contributed by atoms with van der Waals surface area (Å²) < 4.78 is 36.4. The number of hydrogen-bond donors (Lipinski definition) is 0. The zero-order valence-corrected chi connectivity index (χ0v) is 22.0. The normalized spacial score (nSPS) is 11.6. The number of methoxy groups -OCH3 is 1. The summed E-state index contributed by atoms with van der Waals surface area (Å²) in [5, 5.41) is 5.50. The fourth-order valence-corrected chi connectivity index (χ4v) is 4.46. The van der Waals surface area contributed by atoms with Crippen molar-refractivity contribution in [1.82, 2.24) is 14.3 Å². The largest absolute Gasteiger partial charge is 1.00 e. The van der Waals surface area contributed by atoms with Crippen molar-refractivity contribution >= 4 is 32.9 Å². The second-order valence-corrected chi connectivity index (χ2v) is 9.07. The minimum absolute atomic E-state index is 0. The maximum absolute atomic E-state index is 12.2. The quantitative estimate of drug-likeness (QED) is 0.267. The van der Waals surface area contributed by atoms with Gasteiger partial charge in [-0.15, -0.1) is 0 Å². The summed E-state index contributed by atoms with van der Waals surface area (Å²) in [6, 6.07) is 7.76. The van der Waals surface area contributed by atoms with Gasteiger partial charge in [0, 0.05) is 36.0 Å². The van der Waals surface area contributed by atoms with Crippen LogP contribution in [0.25, 0.3) is 27.5 Å². The Hall–Kier alpha value is -2.07. The van der Waals surface area contributed by atoms with Gasteiger partial charge in [0.1, 0.15) is 11.6 Å². The molecule has 0 atom stereocenters. The Bertz CT molecular complexity index is 1230. The molecular weight excluding hydrogens is 439 g/mol. The van der Waals surface area contributed by atoms with Gasteiger partial charge in [0.05, 0.1) is 34.3 Å². The van der Waals surface area contributed by atoms with Gasteiger partial charge in [-0.25, -0.2) is 8.42 Å². The van der Waals surface area contributed by atoms with Gasteiger partial charge in [-0.05, 0) is 43.7 Å². The molecule has 2 aromatic heterocycles. The Morgan fingerprint density at radius 3 is 2.69 bits per heavy atom. The van der Waals surface area contributed by atoms with Gasteiger partial charge in [0.2, 0.25) is 0 Å². The first-order valence-electron chi connectivity index (χ1n) is 10.1. The number of rotatable bonds is 9. The number of hydrogen-bond acceptors (Lipinski definition) is 5. The molecule has 32 heavy (non-hydrogen) atoms. The van der Waals surface area contributed by atoms with E-state index in [2.05, 4.69) is 9.82 Å². The van der Waals surface area contributed by atoms with Crippen molar-refractivity contribution in [2.75, 3.05) is 12.9 Å². The number of aromatic nitrogens is 3. The van der Waals surface area contributed by atoms with Gasteiger partial charge in [-0.1, -0.05) is 19.8 Å². The molecule has 3 rings (SSSR count). The topological polar surface area (TPSA) is 97.3 Å². The first kappa shape index (κ1) is 26.2. The van der Waals surface area contributed by atoms with E-state index in [4.69, 9.17) is 4.74 Å². The molecule has 0 saturated heterocycles. The van der Waals surface area contributed by atoms with Crippen LogP contribution in [0.3, 0.4) is 0 Å². The number of unbranched alkanes of at least 4 members (excludes halogenated alkanes) is 2. The van der Waals surface area contributed by atoms with Gasteiger partial charge in [-0.3, -0.25) is 4.68 Å². The molecule has 3 aromatic rings. The number of sulfonamides is 1. The Morgan fingerprint density at radius 1 is 1.25 bits per heavy atom. The minimum atomic E-state index is -3.77. The molecule has 0 aliphatic rings. The summed E-state index contributed by atoms with van der Waals surface area (Å²) in [6.07, 6.45) is 6.84. The van der Waals surface area contributed by atoms with Crippen LogP contribution in [-0.4, -0.2) is 41.5 Å². The first-order chi connectivity index (χ1) is 14.8. The van der Waals surface area contributed by atoms with Crippen LogP contribution in [0.15, 0.2) is 36.5 Å². The summed E-state index contributed by atoms with van der Waals surface area (Å²) in [5.41, 5.74) is 2.33. The summed E-state index contributed by atoms with van der Waals surface area (Å²) in [5.74, 6) is 0.556. The van der Waals surface area contributed by atoms with E-state index < -0.39 is 15.9 Å². The van der Waals surface area contributed by atoms with E-state index in [1.165, 1.54) is 6.08 Å². The van der Waals surface area contributed by atoms with Crippen LogP contribution in [0.1, 0.15) is 37.4 Å². The Labute approximate surface area is 211 Å². The fraction of sp³-hybridized carbons (Fsp3) is 0.364. The van der Waals surface area contributed by atoms with Crippen LogP contribution < -0.4 is 34.3 Å². The smallest absolute Gasteiger partial charge is 0.542 e. The molecule has 0 unspecified atom stereocenters. The molecular formula is C22H27N4NaO4S. The standard InChI is InChI=1S/C22H28N4O4S.Na/c1-5-6-7-14-31(28,29)24-21(27)11-10-19-16(2)23-25(3)22(19)26-13-12-17-8-9-18(30-4)15-20(17)26;/h8-13,15H,5-7,14H2,1-4H3,(H,24,27);/q;+1/p-1/b11-10+;. The van der Waals surface area contributed by atoms with Crippen LogP contribution >= 0.6 is 0 Å². The van der Waals surface area contributed by atoms with Gasteiger partial charge in [-0.2, -0.15) is 5.10 Å². The van der Waals surface area contributed by atoms with Crippen molar-refractivity contribution in [1.29, 1.82) is 0 Å². The number of ether oxygens (including phenoxy) is 1. The molecule has 8 nitrogen and oxygen atoms in total. The molecule has 1 aromatic carbocycles. The van der Waals surface area contributed by atoms with Crippen molar-refractivity contribution in [2.24, 2.45) is 7.05 Å². The Kier molecular flexibility index (Phi) is 9.15. The number of amides is 1. The Balaban J connectivity index is 0.00000363. The predicted octanol–water partition coefficient (Wildman–Crippen LogP) is 1.12. The maximum atomic E-state index is 12.2. The number of carbonyl (C=O) groups is 1. The average molecular weight is 467 g/mol. The predicted molar refractivity (Wildman–Crippen MR) is 122 cm³/mol. The molecule has 0 bridgehead atoms. The van der Waals surface area contributed by atoms with Crippen molar-refractivity contribution in [3.8, 4) is 11.6 Å². The van der Waals surface area contributed by atoms with E-state index >= 15 is 0 Å². The second-order valence-electron chi connectivity index (χ2n) is 7.31. The zero-order valence-electron chi connectivity index (χ0n) is 19.2. The van der Waals surface area contributed by atoms with E-state index in [1.807, 2.05) is 55.9 Å². The van der Waals surface area contributed by atoms with Crippen molar-refractivity contribution < 1.29 is 47.5 Å². The monoisotopic (exact) mass is 466 g/mol. The number of carbonyl (C=O) groups excluding carboxylic acids is 1. The van der Waals surface area contributed by atoms with E-state index in [-0.39, 0.29) is 35.3 Å². The van der Waals surface area contributed by atoms with Crippen molar-refractivity contribution in [2.45, 2.75) is 33.1 Å². The summed E-state index contributed by atoms with van der Waals surface area (Å²) in [6.45, 7) is 3.81. The third-order valence-electron chi connectivity index (χ3n) is 4.99. The molecule has 0 aliphatic carbocycles. The van der Waals surface area contributed by atoms with Crippen LogP contribution in [-0.2, 0) is 21.9 Å². The van der Waals surface area contributed by atoms with E-state index in [1.54, 1.807) is 17.9 Å². The van der Waals surface area contributed by atoms with Crippen LogP contribution in [0.5, 0.6) is 5.75 Å². The number of nitrogens with zero attached hydrogens (tertiary/aromatic N) is 4. The number of fused-ring (bicyclic) bond motifs is 1. The van der Waals surface area contributed by atoms with Crippen molar-refractivity contribution in [3.05, 3.63) is 52.5 Å². The molecule has 2 heterocycles. The molecule has 1 amide bonds. The molecule has 10 heteroatoms. The maximum Gasteiger partial charge on any atom is 1.00 e. The Morgan fingerprint density at radius 2 is 2.00 bits per heavy atom. The molecule has 0 aliphatic heterocycles. The van der Waals surface area contributed by atoms with Crippen LogP contribution in [0.4, 0.5) is 0 Å². The van der Waals surface area contributed by atoms with E-state index in [0.717, 1.165) is 35.3 Å². The summed E-state index contributed by atoms with van der Waals surface area (Å²) in [4.78, 5) is 12.2. The molecule has 0 spiro atoms. The zero-order chi connectivity index (χ0) is 22.6. The third-order valence-corrected chi connectivity index (χ3v) is 6.26. The number of aryl methyl sites for hydroxylation is 2. The minimum Gasteiger partial charge on any atom is -0.542 e. The number of benzene rings is 1.